The standard InChI is InChI=1S/C20H26N4O4/c1-26-16-7-6-14(11-17(16)27-2)12-21-20(25)15-5-4-10-24(13-15)18-8-9-19(28-3)23-22-18/h6-9,11,15H,4-5,10,12-13H2,1-3H3,(H,21,25)/t15-/m0/s1. The van der Waals surface area contributed by atoms with Crippen LogP contribution in [-0.2, 0) is 11.3 Å². The van der Waals surface area contributed by atoms with Gasteiger partial charge in [-0.05, 0) is 36.6 Å². The second-order valence-electron chi connectivity index (χ2n) is 6.63. The number of aromatic nitrogens is 2. The number of hydrogen-bond donors (Lipinski definition) is 1. The van der Waals surface area contributed by atoms with Crippen molar-refractivity contribution in [1.82, 2.24) is 15.5 Å². The number of carbonyl (C=O) groups excluding carboxylic acids is 1. The molecule has 2 aromatic rings. The van der Waals surface area contributed by atoms with Gasteiger partial charge in [-0.25, -0.2) is 0 Å². The number of benzene rings is 1. The predicted octanol–water partition coefficient (Wildman–Crippen LogP) is 2.04. The molecule has 0 bridgehead atoms. The van der Waals surface area contributed by atoms with Gasteiger partial charge in [-0.15, -0.1) is 10.2 Å². The highest BCUT2D eigenvalue weighted by Gasteiger charge is 2.26. The molecular formula is C20H26N4O4. The summed E-state index contributed by atoms with van der Waals surface area (Å²) >= 11 is 0. The third-order valence-electron chi connectivity index (χ3n) is 4.87. The van der Waals surface area contributed by atoms with Crippen molar-refractivity contribution in [1.29, 1.82) is 0 Å². The first-order chi connectivity index (χ1) is 13.6. The number of nitrogens with one attached hydrogen (secondary N) is 1. The van der Waals surface area contributed by atoms with Crippen LogP contribution in [0.1, 0.15) is 18.4 Å². The molecule has 1 atom stereocenters. The maximum Gasteiger partial charge on any atom is 0.233 e. The Balaban J connectivity index is 1.58. The summed E-state index contributed by atoms with van der Waals surface area (Å²) in [6.07, 6.45) is 1.79. The van der Waals surface area contributed by atoms with Crippen molar-refractivity contribution in [2.75, 3.05) is 39.3 Å². The topological polar surface area (TPSA) is 85.8 Å². The van der Waals surface area contributed by atoms with Crippen LogP contribution in [0.15, 0.2) is 30.3 Å². The number of rotatable bonds is 7. The first-order valence-electron chi connectivity index (χ1n) is 9.26. The summed E-state index contributed by atoms with van der Waals surface area (Å²) in [6, 6.07) is 9.28. The third kappa shape index (κ3) is 4.62. The van der Waals surface area contributed by atoms with Crippen LogP contribution in [0, 0.1) is 5.92 Å². The summed E-state index contributed by atoms with van der Waals surface area (Å²) < 4.78 is 15.6. The Morgan fingerprint density at radius 2 is 1.93 bits per heavy atom. The Hall–Kier alpha value is -3.03. The van der Waals surface area contributed by atoms with E-state index in [0.29, 0.717) is 30.5 Å². The van der Waals surface area contributed by atoms with Crippen LogP contribution in [0.4, 0.5) is 5.82 Å². The molecule has 1 aliphatic heterocycles. The number of methoxy groups -OCH3 is 3. The van der Waals surface area contributed by atoms with E-state index in [9.17, 15) is 4.79 Å². The van der Waals surface area contributed by atoms with Gasteiger partial charge in [-0.2, -0.15) is 0 Å². The van der Waals surface area contributed by atoms with E-state index in [0.717, 1.165) is 30.8 Å². The molecule has 0 radical (unpaired) electrons. The number of anilines is 1. The van der Waals surface area contributed by atoms with E-state index in [1.807, 2.05) is 24.3 Å². The summed E-state index contributed by atoms with van der Waals surface area (Å²) in [4.78, 5) is 14.8. The Morgan fingerprint density at radius 3 is 2.61 bits per heavy atom. The molecule has 8 heteroatoms. The fourth-order valence-corrected chi connectivity index (χ4v) is 3.31. The molecule has 2 heterocycles. The average molecular weight is 386 g/mol. The van der Waals surface area contributed by atoms with Gasteiger partial charge in [0.2, 0.25) is 11.8 Å². The van der Waals surface area contributed by atoms with Gasteiger partial charge in [0.05, 0.1) is 27.2 Å². The largest absolute Gasteiger partial charge is 0.493 e. The minimum Gasteiger partial charge on any atom is -0.493 e. The average Bonchev–Trinajstić information content (AvgIpc) is 2.77. The van der Waals surface area contributed by atoms with E-state index < -0.39 is 0 Å². The molecule has 0 aliphatic carbocycles. The van der Waals surface area contributed by atoms with Crippen molar-refractivity contribution in [2.24, 2.45) is 5.92 Å². The zero-order chi connectivity index (χ0) is 19.9. The lowest BCUT2D eigenvalue weighted by molar-refractivity contribution is -0.125. The van der Waals surface area contributed by atoms with E-state index in [-0.39, 0.29) is 11.8 Å². The van der Waals surface area contributed by atoms with Crippen LogP contribution in [0.25, 0.3) is 0 Å². The van der Waals surface area contributed by atoms with Crippen molar-refractivity contribution < 1.29 is 19.0 Å². The van der Waals surface area contributed by atoms with E-state index in [2.05, 4.69) is 20.4 Å². The minimum absolute atomic E-state index is 0.0426. The monoisotopic (exact) mass is 386 g/mol. The fraction of sp³-hybridized carbons (Fsp3) is 0.450. The molecule has 0 spiro atoms. The van der Waals surface area contributed by atoms with Gasteiger partial charge >= 0.3 is 0 Å². The van der Waals surface area contributed by atoms with Crippen LogP contribution in [-0.4, -0.2) is 50.5 Å². The Kier molecular flexibility index (Phi) is 6.52. The lowest BCUT2D eigenvalue weighted by Crippen LogP contribution is -2.43. The summed E-state index contributed by atoms with van der Waals surface area (Å²) in [5.74, 6) is 2.51. The molecule has 1 aliphatic rings. The van der Waals surface area contributed by atoms with Gasteiger partial charge in [0.25, 0.3) is 0 Å². The number of piperidine rings is 1. The molecule has 8 nitrogen and oxygen atoms in total. The van der Waals surface area contributed by atoms with E-state index in [4.69, 9.17) is 14.2 Å². The van der Waals surface area contributed by atoms with Crippen molar-refractivity contribution >= 4 is 11.7 Å². The van der Waals surface area contributed by atoms with Gasteiger partial charge in [0.15, 0.2) is 17.3 Å². The first-order valence-corrected chi connectivity index (χ1v) is 9.26. The van der Waals surface area contributed by atoms with Gasteiger partial charge in [-0.1, -0.05) is 6.07 Å². The quantitative estimate of drug-likeness (QED) is 0.779. The molecule has 1 fully saturated rings. The normalized spacial score (nSPS) is 16.4. The summed E-state index contributed by atoms with van der Waals surface area (Å²) in [7, 11) is 4.75. The zero-order valence-corrected chi connectivity index (χ0v) is 16.5. The lowest BCUT2D eigenvalue weighted by Gasteiger charge is -2.32. The number of hydrogen-bond acceptors (Lipinski definition) is 7. The van der Waals surface area contributed by atoms with Crippen molar-refractivity contribution in [3.63, 3.8) is 0 Å². The number of carbonyl (C=O) groups is 1. The van der Waals surface area contributed by atoms with E-state index >= 15 is 0 Å². The van der Waals surface area contributed by atoms with Crippen LogP contribution in [0.5, 0.6) is 17.4 Å². The summed E-state index contributed by atoms with van der Waals surface area (Å²) in [5, 5.41) is 11.2. The smallest absolute Gasteiger partial charge is 0.233 e. The van der Waals surface area contributed by atoms with Gasteiger partial charge < -0.3 is 24.4 Å². The highest BCUT2D eigenvalue weighted by atomic mass is 16.5. The predicted molar refractivity (Wildman–Crippen MR) is 105 cm³/mol. The van der Waals surface area contributed by atoms with Gasteiger partial charge in [-0.3, -0.25) is 4.79 Å². The number of amides is 1. The van der Waals surface area contributed by atoms with E-state index in [1.54, 1.807) is 27.4 Å². The van der Waals surface area contributed by atoms with Crippen molar-refractivity contribution in [2.45, 2.75) is 19.4 Å². The fourth-order valence-electron chi connectivity index (χ4n) is 3.31. The molecule has 28 heavy (non-hydrogen) atoms. The van der Waals surface area contributed by atoms with Crippen molar-refractivity contribution in [3.8, 4) is 17.4 Å². The Labute approximate surface area is 164 Å². The molecule has 3 rings (SSSR count). The molecule has 1 saturated heterocycles. The second-order valence-corrected chi connectivity index (χ2v) is 6.63. The molecule has 1 aromatic carbocycles. The Bertz CT molecular complexity index is 797. The maximum atomic E-state index is 12.7. The summed E-state index contributed by atoms with van der Waals surface area (Å²) in [5.41, 5.74) is 0.958. The van der Waals surface area contributed by atoms with Crippen LogP contribution in [0.2, 0.25) is 0 Å². The van der Waals surface area contributed by atoms with Gasteiger partial charge in [0, 0.05) is 25.7 Å². The Morgan fingerprint density at radius 1 is 1.11 bits per heavy atom. The van der Waals surface area contributed by atoms with E-state index in [1.165, 1.54) is 0 Å². The van der Waals surface area contributed by atoms with Crippen molar-refractivity contribution in [3.05, 3.63) is 35.9 Å². The highest BCUT2D eigenvalue weighted by Crippen LogP contribution is 2.27. The second kappa shape index (κ2) is 9.25. The number of ether oxygens (including phenoxy) is 3. The third-order valence-corrected chi connectivity index (χ3v) is 4.87. The first kappa shape index (κ1) is 19.7. The van der Waals surface area contributed by atoms with Crippen LogP contribution >= 0.6 is 0 Å². The lowest BCUT2D eigenvalue weighted by atomic mass is 9.97. The minimum atomic E-state index is -0.0854. The molecule has 1 amide bonds. The van der Waals surface area contributed by atoms with Crippen LogP contribution < -0.4 is 24.4 Å². The molecule has 0 saturated carbocycles. The van der Waals surface area contributed by atoms with Crippen LogP contribution in [0.3, 0.4) is 0 Å². The molecule has 1 N–H and O–H groups in total. The molecule has 1 aromatic heterocycles. The SMILES string of the molecule is COc1ccc(N2CCC[C@H](C(=O)NCc3ccc(OC)c(OC)c3)C2)nn1. The molecule has 150 valence electrons. The highest BCUT2D eigenvalue weighted by molar-refractivity contribution is 5.79. The molecule has 0 unspecified atom stereocenters. The molecular weight excluding hydrogens is 360 g/mol. The zero-order valence-electron chi connectivity index (χ0n) is 16.5. The maximum absolute atomic E-state index is 12.7. The summed E-state index contributed by atoms with van der Waals surface area (Å²) in [6.45, 7) is 1.93. The number of nitrogens with zero attached hydrogens (tertiary/aromatic N) is 3. The van der Waals surface area contributed by atoms with Gasteiger partial charge in [0.1, 0.15) is 0 Å².